The molecule has 0 aromatic carbocycles. The van der Waals surface area contributed by atoms with Crippen LogP contribution in [-0.2, 0) is 23.8 Å². The number of hydrogen-bond acceptors (Lipinski definition) is 8. The van der Waals surface area contributed by atoms with Crippen LogP contribution in [0.5, 0.6) is 0 Å². The molecule has 242 valence electrons. The Morgan fingerprint density at radius 1 is 0.930 bits per heavy atom. The summed E-state index contributed by atoms with van der Waals surface area (Å²) in [5.74, 6) is 0.974. The summed E-state index contributed by atoms with van der Waals surface area (Å²) in [6.45, 7) is 15.3. The van der Waals surface area contributed by atoms with Gasteiger partial charge in [0.05, 0.1) is 19.1 Å². The number of ketones is 1. The molecule has 0 aromatic heterocycles. The number of ether oxygens (including phenoxy) is 3. The van der Waals surface area contributed by atoms with Gasteiger partial charge in [-0.3, -0.25) is 9.59 Å². The molecule has 8 heteroatoms. The highest BCUT2D eigenvalue weighted by molar-refractivity contribution is 6.05. The lowest BCUT2D eigenvalue weighted by atomic mass is 9.33. The summed E-state index contributed by atoms with van der Waals surface area (Å²) in [5.41, 5.74) is 0.975. The van der Waals surface area contributed by atoms with Crippen molar-refractivity contribution in [3.8, 4) is 0 Å². The van der Waals surface area contributed by atoms with E-state index >= 15 is 0 Å². The fourth-order valence-electron chi connectivity index (χ4n) is 11.6. The molecule has 0 radical (unpaired) electrons. The van der Waals surface area contributed by atoms with Crippen LogP contribution in [-0.4, -0.2) is 60.7 Å². The standard InChI is InChI=1S/C35H54O8/c1-20(2)27-23(38)17-35(29(39)41-8)16-15-33(6)22(28(27)35)9-10-25-32(5)13-12-26(43-30(40)42-19-21(37)18-36)31(3,4)24(32)11-14-34(25,33)7/h20-22,24-26,36-37H,9-19H2,1-8H3/t21?,22-,24+,25?,26+,32+,33-,34-,35-/m1/s1. The normalized spacial score (nSPS) is 42.3. The molecule has 0 saturated heterocycles. The van der Waals surface area contributed by atoms with Crippen LogP contribution >= 0.6 is 0 Å². The van der Waals surface area contributed by atoms with E-state index in [1.165, 1.54) is 7.11 Å². The minimum atomic E-state index is -1.12. The number of aliphatic hydroxyl groups is 2. The summed E-state index contributed by atoms with van der Waals surface area (Å²) < 4.78 is 16.4. The van der Waals surface area contributed by atoms with Gasteiger partial charge in [0.25, 0.3) is 0 Å². The van der Waals surface area contributed by atoms with Gasteiger partial charge in [-0.2, -0.15) is 0 Å². The number of fused-ring (bicyclic) bond motifs is 7. The number of aliphatic hydroxyl groups excluding tert-OH is 2. The second-order valence-corrected chi connectivity index (χ2v) is 16.1. The lowest BCUT2D eigenvalue weighted by Gasteiger charge is -2.72. The molecule has 2 N–H and O–H groups in total. The predicted octanol–water partition coefficient (Wildman–Crippen LogP) is 6.02. The maximum absolute atomic E-state index is 13.5. The van der Waals surface area contributed by atoms with E-state index in [9.17, 15) is 19.5 Å². The molecule has 4 fully saturated rings. The van der Waals surface area contributed by atoms with Crippen molar-refractivity contribution in [1.29, 1.82) is 0 Å². The summed E-state index contributed by atoms with van der Waals surface area (Å²) in [6, 6.07) is 0. The van der Waals surface area contributed by atoms with Crippen molar-refractivity contribution in [2.45, 2.75) is 118 Å². The second kappa shape index (κ2) is 10.9. The van der Waals surface area contributed by atoms with E-state index in [4.69, 9.17) is 19.3 Å². The molecule has 5 rings (SSSR count). The Bertz CT molecular complexity index is 1190. The Kier molecular flexibility index (Phi) is 8.19. The quantitative estimate of drug-likeness (QED) is 0.355. The molecule has 0 heterocycles. The molecule has 0 spiro atoms. The van der Waals surface area contributed by atoms with E-state index in [1.807, 2.05) is 0 Å². The van der Waals surface area contributed by atoms with E-state index in [2.05, 4.69) is 48.5 Å². The molecule has 0 bridgehead atoms. The van der Waals surface area contributed by atoms with Gasteiger partial charge in [-0.15, -0.1) is 0 Å². The van der Waals surface area contributed by atoms with Crippen LogP contribution < -0.4 is 0 Å². The van der Waals surface area contributed by atoms with Crippen molar-refractivity contribution in [3.05, 3.63) is 11.1 Å². The summed E-state index contributed by atoms with van der Waals surface area (Å²) >= 11 is 0. The van der Waals surface area contributed by atoms with Gasteiger partial charge in [-0.05, 0) is 102 Å². The summed E-state index contributed by atoms with van der Waals surface area (Å²) in [4.78, 5) is 39.5. The highest BCUT2D eigenvalue weighted by atomic mass is 16.7. The van der Waals surface area contributed by atoms with Gasteiger partial charge >= 0.3 is 12.1 Å². The third-order valence-electron chi connectivity index (χ3n) is 13.8. The van der Waals surface area contributed by atoms with Crippen molar-refractivity contribution in [3.63, 3.8) is 0 Å². The van der Waals surface area contributed by atoms with E-state index in [1.54, 1.807) is 0 Å². The van der Waals surface area contributed by atoms with Crippen LogP contribution in [0.15, 0.2) is 11.1 Å². The highest BCUT2D eigenvalue weighted by Crippen LogP contribution is 2.76. The van der Waals surface area contributed by atoms with Gasteiger partial charge in [0.1, 0.15) is 18.8 Å². The molecule has 8 nitrogen and oxygen atoms in total. The van der Waals surface area contributed by atoms with Crippen LogP contribution in [0.3, 0.4) is 0 Å². The smallest absolute Gasteiger partial charge is 0.468 e. The Balaban J connectivity index is 1.45. The number of carbonyl (C=O) groups excluding carboxylic acids is 3. The first-order valence-electron chi connectivity index (χ1n) is 16.5. The SMILES string of the molecule is COC(=O)[C@@]12CC[C@]3(C)[C@H](CCC4[C@@]5(C)CC[C@H](OC(=O)OCC(O)CO)C(C)(C)[C@@H]5CC[C@]43C)C1=C(C(C)C)C(=O)C2. The molecule has 9 atom stereocenters. The van der Waals surface area contributed by atoms with Crippen LogP contribution in [0, 0.1) is 50.7 Å². The van der Waals surface area contributed by atoms with E-state index < -0.39 is 24.3 Å². The zero-order chi connectivity index (χ0) is 31.8. The highest BCUT2D eigenvalue weighted by Gasteiger charge is 2.71. The molecule has 5 aliphatic rings. The number of allylic oxidation sites excluding steroid dienone is 1. The minimum absolute atomic E-state index is 0.0350. The summed E-state index contributed by atoms with van der Waals surface area (Å²) in [6.07, 6.45) is 5.41. The Labute approximate surface area is 257 Å². The van der Waals surface area contributed by atoms with Gasteiger partial charge in [0, 0.05) is 11.8 Å². The Morgan fingerprint density at radius 2 is 1.63 bits per heavy atom. The van der Waals surface area contributed by atoms with E-state index in [-0.39, 0.29) is 64.4 Å². The van der Waals surface area contributed by atoms with Gasteiger partial charge in [0.2, 0.25) is 0 Å². The minimum Gasteiger partial charge on any atom is -0.468 e. The first-order chi connectivity index (χ1) is 20.0. The monoisotopic (exact) mass is 602 g/mol. The fraction of sp³-hybridized carbons (Fsp3) is 0.857. The molecule has 4 saturated carbocycles. The van der Waals surface area contributed by atoms with Gasteiger partial charge in [0.15, 0.2) is 5.78 Å². The number of esters is 1. The Hall–Kier alpha value is -1.93. The van der Waals surface area contributed by atoms with E-state index in [0.717, 1.165) is 56.1 Å². The largest absolute Gasteiger partial charge is 0.508 e. The lowest BCUT2D eigenvalue weighted by molar-refractivity contribution is -0.230. The molecular weight excluding hydrogens is 548 g/mol. The molecule has 0 amide bonds. The topological polar surface area (TPSA) is 119 Å². The lowest BCUT2D eigenvalue weighted by Crippen LogP contribution is -2.66. The van der Waals surface area contributed by atoms with Crippen LogP contribution in [0.25, 0.3) is 0 Å². The second-order valence-electron chi connectivity index (χ2n) is 16.1. The maximum atomic E-state index is 13.5. The fourth-order valence-corrected chi connectivity index (χ4v) is 11.6. The van der Waals surface area contributed by atoms with Gasteiger partial charge in [-0.1, -0.05) is 48.5 Å². The third-order valence-corrected chi connectivity index (χ3v) is 13.8. The molecular formula is C35H54O8. The molecule has 2 unspecified atom stereocenters. The number of carbonyl (C=O) groups is 3. The average molecular weight is 603 g/mol. The maximum Gasteiger partial charge on any atom is 0.508 e. The summed E-state index contributed by atoms with van der Waals surface area (Å²) in [7, 11) is 1.46. The Morgan fingerprint density at radius 3 is 2.26 bits per heavy atom. The number of hydrogen-bond donors (Lipinski definition) is 2. The average Bonchev–Trinajstić information content (AvgIpc) is 3.26. The van der Waals surface area contributed by atoms with Crippen LogP contribution in [0.1, 0.15) is 106 Å². The molecule has 5 aliphatic carbocycles. The predicted molar refractivity (Wildman–Crippen MR) is 161 cm³/mol. The first-order valence-corrected chi connectivity index (χ1v) is 16.5. The number of methoxy groups -OCH3 is 1. The van der Waals surface area contributed by atoms with Gasteiger partial charge in [-0.25, -0.2) is 4.79 Å². The number of Topliss-reactive ketones (excluding diaryl/α,β-unsaturated/α-hetero) is 1. The van der Waals surface area contributed by atoms with Crippen molar-refractivity contribution in [2.75, 3.05) is 20.3 Å². The molecule has 0 aliphatic heterocycles. The van der Waals surface area contributed by atoms with Crippen molar-refractivity contribution in [1.82, 2.24) is 0 Å². The van der Waals surface area contributed by atoms with Crippen molar-refractivity contribution < 1.29 is 38.8 Å². The van der Waals surface area contributed by atoms with Crippen molar-refractivity contribution in [2.24, 2.45) is 50.7 Å². The molecule has 43 heavy (non-hydrogen) atoms. The van der Waals surface area contributed by atoms with Gasteiger partial charge < -0.3 is 24.4 Å². The van der Waals surface area contributed by atoms with Crippen LogP contribution in [0.2, 0.25) is 0 Å². The summed E-state index contributed by atoms with van der Waals surface area (Å²) in [5, 5.41) is 18.6. The zero-order valence-electron chi connectivity index (χ0n) is 27.6. The third kappa shape index (κ3) is 4.54. The molecule has 0 aromatic rings. The number of rotatable bonds is 6. The first kappa shape index (κ1) is 32.5. The zero-order valence-corrected chi connectivity index (χ0v) is 27.6. The van der Waals surface area contributed by atoms with Crippen LogP contribution in [0.4, 0.5) is 4.79 Å². The van der Waals surface area contributed by atoms with E-state index in [0.29, 0.717) is 18.3 Å². The van der Waals surface area contributed by atoms with Crippen molar-refractivity contribution >= 4 is 17.9 Å².